The van der Waals surface area contributed by atoms with Crippen LogP contribution in [0.1, 0.15) is 0 Å². The Hall–Kier alpha value is -4.37. The van der Waals surface area contributed by atoms with Crippen molar-refractivity contribution in [2.45, 2.75) is 19.8 Å². The van der Waals surface area contributed by atoms with Gasteiger partial charge in [0, 0.05) is 53.3 Å². The Kier molecular flexibility index (Phi) is 3.02. The zero-order valence-corrected chi connectivity index (χ0v) is 23.3. The summed E-state index contributed by atoms with van der Waals surface area (Å²) in [7, 11) is 0. The quantitative estimate of drug-likeness (QED) is 0.156. The maximum absolute atomic E-state index is 6.86. The average molecular weight is 570 g/mol. The van der Waals surface area contributed by atoms with E-state index in [2.05, 4.69) is 82.4 Å². The summed E-state index contributed by atoms with van der Waals surface area (Å²) >= 11 is 3.60. The lowest BCUT2D eigenvalue weighted by atomic mass is 9.38. The monoisotopic (exact) mass is 570 g/mol. The summed E-state index contributed by atoms with van der Waals surface area (Å²) in [5.41, 5.74) is 15.6. The van der Waals surface area contributed by atoms with Gasteiger partial charge in [-0.1, -0.05) is 47.8 Å². The molecule has 10 heteroatoms. The van der Waals surface area contributed by atoms with Crippen molar-refractivity contribution in [1.29, 1.82) is 0 Å². The molecule has 0 amide bonds. The first-order valence-electron chi connectivity index (χ1n) is 14.2. The summed E-state index contributed by atoms with van der Waals surface area (Å²) < 4.78 is 12.3. The summed E-state index contributed by atoms with van der Waals surface area (Å²) in [6, 6.07) is 22.6. The number of pyridine rings is 4. The first-order valence-corrected chi connectivity index (χ1v) is 15.8. The molecular weight excluding hydrogens is 556 g/mol. The molecule has 2 aromatic carbocycles. The zero-order valence-electron chi connectivity index (χ0n) is 21.7. The van der Waals surface area contributed by atoms with E-state index >= 15 is 0 Å². The molecule has 6 nitrogen and oxygen atoms in total. The number of quaternary nitrogens is 1. The van der Waals surface area contributed by atoms with E-state index in [9.17, 15) is 0 Å². The van der Waals surface area contributed by atoms with Crippen LogP contribution in [0.15, 0.2) is 105 Å². The van der Waals surface area contributed by atoms with Crippen molar-refractivity contribution in [2.75, 3.05) is 0 Å². The van der Waals surface area contributed by atoms with Crippen LogP contribution in [0.3, 0.4) is 0 Å². The first-order chi connectivity index (χ1) is 20.8. The number of nitrogens with zero attached hydrogens (tertiary/aromatic N) is 5. The minimum atomic E-state index is 0.117. The standard InChI is InChI=1S/C32H14B2N5OS2/c1-5-15-17-7-3-11-37-29(17)33-23(15)21(9-1)41-31-25(33)27-19(13-35-31)40-20-14-36-32-26-28(20)39(27,37)38-12-4-8-18-16-6-2-10-22(42-32)24(16)34(26)30(18)38/h1-14H/q+3. The van der Waals surface area contributed by atoms with Gasteiger partial charge in [-0.05, 0) is 46.3 Å². The Labute approximate surface area is 248 Å². The molecule has 188 valence electrons. The summed E-state index contributed by atoms with van der Waals surface area (Å²) in [6.45, 7) is 0.233. The molecule has 7 aliphatic rings. The molecule has 0 saturated heterocycles. The van der Waals surface area contributed by atoms with Gasteiger partial charge in [-0.2, -0.15) is 0 Å². The molecule has 0 unspecified atom stereocenters. The lowest BCUT2D eigenvalue weighted by molar-refractivity contribution is -1.03. The summed E-state index contributed by atoms with van der Waals surface area (Å²) in [5.74, 6) is 1.62. The smallest absolute Gasteiger partial charge is 0.347 e. The van der Waals surface area contributed by atoms with Crippen LogP contribution in [0.25, 0.3) is 22.3 Å². The predicted octanol–water partition coefficient (Wildman–Crippen LogP) is 1.27. The number of hydrogen-bond acceptors (Lipinski definition) is 5. The van der Waals surface area contributed by atoms with Crippen LogP contribution in [-0.2, 0) is 0 Å². The van der Waals surface area contributed by atoms with Gasteiger partial charge in [-0.3, -0.25) is 0 Å². The summed E-state index contributed by atoms with van der Waals surface area (Å²) in [6.07, 6.45) is 8.47. The zero-order chi connectivity index (χ0) is 26.6. The molecule has 4 aromatic heterocycles. The fourth-order valence-electron chi connectivity index (χ4n) is 9.14. The van der Waals surface area contributed by atoms with E-state index in [0.29, 0.717) is 4.70 Å². The predicted molar refractivity (Wildman–Crippen MR) is 163 cm³/mol. The highest BCUT2D eigenvalue weighted by molar-refractivity contribution is 8.00. The maximum atomic E-state index is 6.86. The normalized spacial score (nSPS) is 17.1. The van der Waals surface area contributed by atoms with Gasteiger partial charge < -0.3 is 4.74 Å². The Balaban J connectivity index is 1.32. The minimum Gasteiger partial charge on any atom is -0.440 e. The molecule has 0 atom stereocenters. The average Bonchev–Trinajstić information content (AvgIpc) is 3.56. The third-order valence-corrected chi connectivity index (χ3v) is 12.5. The highest BCUT2D eigenvalue weighted by atomic mass is 32.2. The molecule has 42 heavy (non-hydrogen) atoms. The van der Waals surface area contributed by atoms with E-state index in [1.807, 2.05) is 12.4 Å². The molecule has 0 bridgehead atoms. The van der Waals surface area contributed by atoms with Gasteiger partial charge in [0.2, 0.25) is 35.1 Å². The fourth-order valence-corrected chi connectivity index (χ4v) is 11.4. The van der Waals surface area contributed by atoms with Gasteiger partial charge in [-0.25, -0.2) is 9.97 Å². The molecule has 11 heterocycles. The SMILES string of the molecule is c1cc2c3c(c1)-c1ccc[n+]4c1B3c1c(ncc3c1[N+]41c4c(cnc5c4B4c6c(cccc6-c6ccc[n+]1c64)S5)O3)S2. The fraction of sp³-hybridized carbons (Fsp3) is 0. The van der Waals surface area contributed by atoms with E-state index in [4.69, 9.17) is 14.7 Å². The van der Waals surface area contributed by atoms with Gasteiger partial charge in [0.1, 0.15) is 10.1 Å². The van der Waals surface area contributed by atoms with Crippen LogP contribution in [-0.4, -0.2) is 23.4 Å². The number of hydrogen-bond donors (Lipinski definition) is 0. The van der Waals surface area contributed by atoms with Gasteiger partial charge >= 0.3 is 24.8 Å². The molecule has 6 aromatic rings. The number of fused-ring (bicyclic) bond motifs is 2. The van der Waals surface area contributed by atoms with E-state index in [-0.39, 0.29) is 13.4 Å². The maximum Gasteiger partial charge on any atom is 0.347 e. The van der Waals surface area contributed by atoms with Crippen LogP contribution in [0.4, 0.5) is 11.4 Å². The van der Waals surface area contributed by atoms with Crippen molar-refractivity contribution >= 4 is 81.4 Å². The second-order valence-corrected chi connectivity index (χ2v) is 14.0. The summed E-state index contributed by atoms with van der Waals surface area (Å²) in [4.78, 5) is 12.7. The van der Waals surface area contributed by atoms with Crippen LogP contribution in [0.2, 0.25) is 0 Å². The molecule has 1 spiro atoms. The molecule has 0 aliphatic carbocycles. The van der Waals surface area contributed by atoms with Crippen molar-refractivity contribution in [3.63, 3.8) is 0 Å². The first kappa shape index (κ1) is 20.5. The van der Waals surface area contributed by atoms with E-state index < -0.39 is 0 Å². The number of benzene rings is 2. The highest BCUT2D eigenvalue weighted by Gasteiger charge is 2.76. The molecule has 0 N–H and O–H groups in total. The van der Waals surface area contributed by atoms with Crippen molar-refractivity contribution in [3.05, 3.63) is 85.5 Å². The van der Waals surface area contributed by atoms with Gasteiger partial charge in [0.25, 0.3) is 0 Å². The molecular formula is C32H14B2N5OS2+3. The third kappa shape index (κ3) is 1.81. The topological polar surface area (TPSA) is 42.8 Å². The number of ether oxygens (including phenoxy) is 1. The number of aromatic nitrogens is 4. The van der Waals surface area contributed by atoms with Crippen molar-refractivity contribution in [2.24, 2.45) is 0 Å². The Morgan fingerprint density at radius 2 is 1.10 bits per heavy atom. The lowest BCUT2D eigenvalue weighted by Gasteiger charge is -2.39. The Morgan fingerprint density at radius 1 is 0.595 bits per heavy atom. The lowest BCUT2D eigenvalue weighted by Crippen LogP contribution is -2.98. The summed E-state index contributed by atoms with van der Waals surface area (Å²) in [5, 5.41) is 2.16. The van der Waals surface area contributed by atoms with Crippen LogP contribution in [0, 0.1) is 0 Å². The van der Waals surface area contributed by atoms with Crippen molar-refractivity contribution in [3.8, 4) is 33.8 Å². The second kappa shape index (κ2) is 6.20. The Bertz CT molecular complexity index is 2280. The van der Waals surface area contributed by atoms with Crippen molar-refractivity contribution < 1.29 is 14.1 Å². The van der Waals surface area contributed by atoms with E-state index in [1.54, 1.807) is 23.5 Å². The van der Waals surface area contributed by atoms with Gasteiger partial charge in [-0.15, -0.1) is 0 Å². The molecule has 0 saturated carbocycles. The highest BCUT2D eigenvalue weighted by Crippen LogP contribution is 2.53. The van der Waals surface area contributed by atoms with Crippen LogP contribution in [0.5, 0.6) is 11.5 Å². The van der Waals surface area contributed by atoms with Gasteiger partial charge in [0.05, 0.1) is 12.4 Å². The van der Waals surface area contributed by atoms with Gasteiger partial charge in [0.15, 0.2) is 4.70 Å². The minimum absolute atomic E-state index is 0.117. The van der Waals surface area contributed by atoms with E-state index in [0.717, 1.165) is 21.6 Å². The largest absolute Gasteiger partial charge is 0.440 e. The molecule has 0 fully saturated rings. The molecule has 7 aliphatic heterocycles. The molecule has 13 rings (SSSR count). The van der Waals surface area contributed by atoms with E-state index in [1.165, 1.54) is 76.5 Å². The van der Waals surface area contributed by atoms with Crippen LogP contribution < -0.4 is 51.8 Å². The Morgan fingerprint density at radius 3 is 1.62 bits per heavy atom. The third-order valence-electron chi connectivity index (χ3n) is 10.4. The van der Waals surface area contributed by atoms with Crippen LogP contribution >= 0.6 is 23.5 Å². The van der Waals surface area contributed by atoms with Crippen molar-refractivity contribution in [1.82, 2.24) is 14.7 Å². The molecule has 0 radical (unpaired) electrons. The number of rotatable bonds is 0. The second-order valence-electron chi connectivity index (χ2n) is 11.9.